The van der Waals surface area contributed by atoms with Crippen LogP contribution in [0.5, 0.6) is 0 Å². The van der Waals surface area contributed by atoms with Crippen LogP contribution >= 0.6 is 0 Å². The van der Waals surface area contributed by atoms with E-state index in [9.17, 15) is 13.6 Å². The van der Waals surface area contributed by atoms with E-state index >= 15 is 0 Å². The van der Waals surface area contributed by atoms with Crippen molar-refractivity contribution in [2.75, 3.05) is 20.1 Å². The van der Waals surface area contributed by atoms with E-state index in [-0.39, 0.29) is 19.2 Å². The zero-order valence-corrected chi connectivity index (χ0v) is 8.50. The van der Waals surface area contributed by atoms with Crippen molar-refractivity contribution in [3.63, 3.8) is 0 Å². The van der Waals surface area contributed by atoms with Crippen molar-refractivity contribution in [2.24, 2.45) is 0 Å². The molecule has 2 rings (SSSR count). The third kappa shape index (κ3) is 2.19. The standard InChI is InChI=1S/C9H14F2N2O2/c1-13(8(14)15-6-2-3-6)7-4-12-5-9(7,10)11/h6-7,12H,2-5H2,1H3. The average Bonchev–Trinajstić information content (AvgIpc) is 2.88. The first-order chi connectivity index (χ1) is 7.00. The number of halogens is 2. The van der Waals surface area contributed by atoms with Gasteiger partial charge in [0.2, 0.25) is 0 Å². The lowest BCUT2D eigenvalue weighted by atomic mass is 10.2. The van der Waals surface area contributed by atoms with Gasteiger partial charge in [-0.3, -0.25) is 0 Å². The zero-order chi connectivity index (χ0) is 11.1. The number of nitrogens with zero attached hydrogens (tertiary/aromatic N) is 1. The molecule has 2 fully saturated rings. The molecule has 1 saturated carbocycles. The fourth-order valence-corrected chi connectivity index (χ4v) is 1.60. The Balaban J connectivity index is 1.93. The van der Waals surface area contributed by atoms with Crippen molar-refractivity contribution >= 4 is 6.09 Å². The van der Waals surface area contributed by atoms with Gasteiger partial charge in [-0.05, 0) is 12.8 Å². The molecule has 0 aromatic heterocycles. The molecule has 1 amide bonds. The van der Waals surface area contributed by atoms with Crippen molar-refractivity contribution in [2.45, 2.75) is 30.9 Å². The Morgan fingerprint density at radius 2 is 2.20 bits per heavy atom. The second-order valence-corrected chi connectivity index (χ2v) is 4.10. The molecule has 4 nitrogen and oxygen atoms in total. The number of ether oxygens (including phenoxy) is 1. The summed E-state index contributed by atoms with van der Waals surface area (Å²) >= 11 is 0. The molecule has 2 aliphatic rings. The van der Waals surface area contributed by atoms with Gasteiger partial charge in [0, 0.05) is 13.6 Å². The van der Waals surface area contributed by atoms with Gasteiger partial charge in [0.15, 0.2) is 0 Å². The molecule has 0 radical (unpaired) electrons. The Morgan fingerprint density at radius 3 is 2.67 bits per heavy atom. The van der Waals surface area contributed by atoms with Gasteiger partial charge >= 0.3 is 6.09 Å². The highest BCUT2D eigenvalue weighted by Crippen LogP contribution is 2.28. The van der Waals surface area contributed by atoms with Gasteiger partial charge in [0.25, 0.3) is 5.92 Å². The molecule has 1 saturated heterocycles. The van der Waals surface area contributed by atoms with Crippen LogP contribution in [0.2, 0.25) is 0 Å². The highest BCUT2D eigenvalue weighted by molar-refractivity contribution is 5.68. The molecule has 1 aliphatic heterocycles. The summed E-state index contributed by atoms with van der Waals surface area (Å²) in [5.74, 6) is -2.86. The normalized spacial score (nSPS) is 28.9. The molecule has 6 heteroatoms. The average molecular weight is 220 g/mol. The molecule has 86 valence electrons. The first-order valence-corrected chi connectivity index (χ1v) is 5.03. The van der Waals surface area contributed by atoms with Gasteiger partial charge in [-0.1, -0.05) is 0 Å². The van der Waals surface area contributed by atoms with Crippen LogP contribution in [0.4, 0.5) is 13.6 Å². The third-order valence-corrected chi connectivity index (χ3v) is 2.73. The second-order valence-electron chi connectivity index (χ2n) is 4.10. The number of nitrogens with one attached hydrogen (secondary N) is 1. The quantitative estimate of drug-likeness (QED) is 0.749. The van der Waals surface area contributed by atoms with Crippen LogP contribution in [-0.4, -0.2) is 49.2 Å². The van der Waals surface area contributed by atoms with Crippen LogP contribution in [0.25, 0.3) is 0 Å². The second kappa shape index (κ2) is 3.59. The van der Waals surface area contributed by atoms with Crippen LogP contribution < -0.4 is 5.32 Å². The molecule has 1 unspecified atom stereocenters. The number of hydrogen-bond donors (Lipinski definition) is 1. The fraction of sp³-hybridized carbons (Fsp3) is 0.889. The summed E-state index contributed by atoms with van der Waals surface area (Å²) in [6.45, 7) is -0.262. The smallest absolute Gasteiger partial charge is 0.410 e. The minimum atomic E-state index is -2.86. The first kappa shape index (κ1) is 10.6. The van der Waals surface area contributed by atoms with Crippen LogP contribution in [0.3, 0.4) is 0 Å². The van der Waals surface area contributed by atoms with Crippen LogP contribution in [0.1, 0.15) is 12.8 Å². The monoisotopic (exact) mass is 220 g/mol. The minimum Gasteiger partial charge on any atom is -0.446 e. The number of hydrogen-bond acceptors (Lipinski definition) is 3. The number of amides is 1. The number of rotatable bonds is 2. The van der Waals surface area contributed by atoms with Crippen molar-refractivity contribution in [3.05, 3.63) is 0 Å². The molecule has 0 bridgehead atoms. The van der Waals surface area contributed by atoms with Crippen LogP contribution in [0, 0.1) is 0 Å². The number of carbonyl (C=O) groups excluding carboxylic acids is 1. The van der Waals surface area contributed by atoms with Gasteiger partial charge in [-0.2, -0.15) is 0 Å². The lowest BCUT2D eigenvalue weighted by molar-refractivity contribution is -0.0398. The molecule has 0 spiro atoms. The molecule has 15 heavy (non-hydrogen) atoms. The van der Waals surface area contributed by atoms with E-state index in [1.54, 1.807) is 0 Å². The Bertz CT molecular complexity index is 269. The van der Waals surface area contributed by atoms with E-state index in [1.807, 2.05) is 0 Å². The first-order valence-electron chi connectivity index (χ1n) is 5.03. The van der Waals surface area contributed by atoms with Gasteiger partial charge in [-0.25, -0.2) is 13.6 Å². The van der Waals surface area contributed by atoms with E-state index in [0.717, 1.165) is 17.7 Å². The molecule has 0 aromatic carbocycles. The molecule has 1 atom stereocenters. The molecule has 1 aliphatic carbocycles. The van der Waals surface area contributed by atoms with E-state index < -0.39 is 18.1 Å². The highest BCUT2D eigenvalue weighted by atomic mass is 19.3. The molecule has 0 aromatic rings. The summed E-state index contributed by atoms with van der Waals surface area (Å²) in [5.41, 5.74) is 0. The van der Waals surface area contributed by atoms with Crippen molar-refractivity contribution in [3.8, 4) is 0 Å². The fourth-order valence-electron chi connectivity index (χ4n) is 1.60. The Morgan fingerprint density at radius 1 is 1.53 bits per heavy atom. The highest BCUT2D eigenvalue weighted by Gasteiger charge is 2.48. The summed E-state index contributed by atoms with van der Waals surface area (Å²) in [6, 6.07) is -1.09. The topological polar surface area (TPSA) is 41.6 Å². The summed E-state index contributed by atoms with van der Waals surface area (Å²) in [4.78, 5) is 12.4. The van der Waals surface area contributed by atoms with E-state index in [2.05, 4.69) is 5.32 Å². The Kier molecular flexibility index (Phi) is 2.54. The predicted molar refractivity (Wildman–Crippen MR) is 48.9 cm³/mol. The van der Waals surface area contributed by atoms with Crippen molar-refractivity contribution < 1.29 is 18.3 Å². The molecular weight excluding hydrogens is 206 g/mol. The maximum atomic E-state index is 13.3. The van der Waals surface area contributed by atoms with Gasteiger partial charge in [0.1, 0.15) is 12.1 Å². The van der Waals surface area contributed by atoms with Gasteiger partial charge < -0.3 is 15.0 Å². The third-order valence-electron chi connectivity index (χ3n) is 2.73. The summed E-state index contributed by atoms with van der Waals surface area (Å²) in [6.07, 6.45) is 0.992. The van der Waals surface area contributed by atoms with E-state index in [4.69, 9.17) is 4.74 Å². The van der Waals surface area contributed by atoms with Crippen molar-refractivity contribution in [1.29, 1.82) is 0 Å². The minimum absolute atomic E-state index is 0.0528. The van der Waals surface area contributed by atoms with E-state index in [1.165, 1.54) is 7.05 Å². The summed E-state index contributed by atoms with van der Waals surface area (Å²) < 4.78 is 31.5. The summed E-state index contributed by atoms with van der Waals surface area (Å²) in [5, 5.41) is 2.57. The summed E-state index contributed by atoms with van der Waals surface area (Å²) in [7, 11) is 1.36. The maximum absolute atomic E-state index is 13.3. The van der Waals surface area contributed by atoms with Crippen LogP contribution in [0.15, 0.2) is 0 Å². The maximum Gasteiger partial charge on any atom is 0.410 e. The van der Waals surface area contributed by atoms with E-state index in [0.29, 0.717) is 0 Å². The predicted octanol–water partition coefficient (Wildman–Crippen LogP) is 0.824. The largest absolute Gasteiger partial charge is 0.446 e. The lowest BCUT2D eigenvalue weighted by Gasteiger charge is -2.27. The number of carbonyl (C=O) groups is 1. The SMILES string of the molecule is CN(C(=O)OC1CC1)C1CNCC1(F)F. The van der Waals surface area contributed by atoms with Gasteiger partial charge in [0.05, 0.1) is 6.54 Å². The molecule has 1 heterocycles. The van der Waals surface area contributed by atoms with Crippen LogP contribution in [-0.2, 0) is 4.74 Å². The lowest BCUT2D eigenvalue weighted by Crippen LogP contribution is -2.48. The molecule has 1 N–H and O–H groups in total. The Hall–Kier alpha value is -0.910. The number of alkyl halides is 2. The number of likely N-dealkylation sites (N-methyl/N-ethyl adjacent to an activating group) is 1. The van der Waals surface area contributed by atoms with Crippen molar-refractivity contribution in [1.82, 2.24) is 10.2 Å². The molecular formula is C9H14F2N2O2. The Labute approximate surface area is 86.6 Å². The zero-order valence-electron chi connectivity index (χ0n) is 8.50. The van der Waals surface area contributed by atoms with Gasteiger partial charge in [-0.15, -0.1) is 0 Å².